The molecule has 0 spiro atoms. The molecule has 0 aliphatic carbocycles. The van der Waals surface area contributed by atoms with Crippen LogP contribution in [0, 0.1) is 0 Å². The third-order valence-electron chi connectivity index (χ3n) is 1.75. The van der Waals surface area contributed by atoms with Crippen LogP contribution in [0.15, 0.2) is 11.8 Å². The first-order valence-electron chi connectivity index (χ1n) is 4.92. The molecule has 0 aliphatic rings. The number of rotatable bonds is 7. The maximum Gasteiger partial charge on any atom is 0.322 e. The lowest BCUT2D eigenvalue weighted by molar-refractivity contribution is -0.137. The van der Waals surface area contributed by atoms with Crippen LogP contribution in [0.25, 0.3) is 0 Å². The summed E-state index contributed by atoms with van der Waals surface area (Å²) in [5.74, 6) is -1.30. The third kappa shape index (κ3) is 8.80. The van der Waals surface area contributed by atoms with E-state index in [4.69, 9.17) is 5.11 Å². The number of carboxylic acids is 1. The van der Waals surface area contributed by atoms with E-state index >= 15 is 0 Å². The molecule has 5 heteroatoms. The van der Waals surface area contributed by atoms with E-state index in [2.05, 4.69) is 5.32 Å². The van der Waals surface area contributed by atoms with Crippen LogP contribution in [0.4, 0.5) is 0 Å². The van der Waals surface area contributed by atoms with Crippen LogP contribution >= 0.6 is 0 Å². The smallest absolute Gasteiger partial charge is 0.322 e. The Morgan fingerprint density at radius 1 is 1.33 bits per heavy atom. The highest BCUT2D eigenvalue weighted by atomic mass is 16.4. The van der Waals surface area contributed by atoms with Gasteiger partial charge in [0.1, 0.15) is 6.54 Å². The zero-order valence-electron chi connectivity index (χ0n) is 8.82. The molecule has 0 radical (unpaired) electrons. The van der Waals surface area contributed by atoms with Gasteiger partial charge in [-0.2, -0.15) is 0 Å². The van der Waals surface area contributed by atoms with Gasteiger partial charge in [-0.15, -0.1) is 0 Å². The summed E-state index contributed by atoms with van der Waals surface area (Å²) in [6, 6.07) is 0. The minimum Gasteiger partial charge on any atom is -0.513 e. The average Bonchev–Trinajstić information content (AvgIpc) is 2.20. The van der Waals surface area contributed by atoms with Crippen molar-refractivity contribution in [2.24, 2.45) is 0 Å². The molecular weight excluding hydrogens is 198 g/mol. The Morgan fingerprint density at radius 3 is 2.53 bits per heavy atom. The highest BCUT2D eigenvalue weighted by Crippen LogP contribution is 2.04. The zero-order chi connectivity index (χ0) is 11.7. The van der Waals surface area contributed by atoms with Gasteiger partial charge in [-0.1, -0.05) is 13.3 Å². The SMILES string of the molecule is CCCC/C(O)=C/CC(=O)NCC(=O)O. The average molecular weight is 215 g/mol. The Hall–Kier alpha value is -1.52. The van der Waals surface area contributed by atoms with Crippen LogP contribution in [0.5, 0.6) is 0 Å². The van der Waals surface area contributed by atoms with Crippen molar-refractivity contribution in [1.82, 2.24) is 5.32 Å². The number of aliphatic hydroxyl groups excluding tert-OH is 1. The number of unbranched alkanes of at least 4 members (excludes halogenated alkanes) is 1. The monoisotopic (exact) mass is 215 g/mol. The molecule has 15 heavy (non-hydrogen) atoms. The Morgan fingerprint density at radius 2 is 2.00 bits per heavy atom. The van der Waals surface area contributed by atoms with Crippen molar-refractivity contribution in [2.45, 2.75) is 32.6 Å². The summed E-state index contributed by atoms with van der Waals surface area (Å²) in [7, 11) is 0. The fraction of sp³-hybridized carbons (Fsp3) is 0.600. The Balaban J connectivity index is 3.72. The van der Waals surface area contributed by atoms with Crippen LogP contribution in [0.3, 0.4) is 0 Å². The van der Waals surface area contributed by atoms with Gasteiger partial charge in [0.25, 0.3) is 0 Å². The number of carbonyl (C=O) groups is 2. The largest absolute Gasteiger partial charge is 0.513 e. The molecule has 0 aromatic rings. The maximum atomic E-state index is 11.0. The summed E-state index contributed by atoms with van der Waals surface area (Å²) >= 11 is 0. The molecular formula is C10H17NO4. The number of hydrogen-bond acceptors (Lipinski definition) is 3. The maximum absolute atomic E-state index is 11.0. The number of aliphatic carboxylic acids is 1. The molecule has 0 saturated carbocycles. The first-order chi connectivity index (χ1) is 7.06. The van der Waals surface area contributed by atoms with Crippen molar-refractivity contribution in [1.29, 1.82) is 0 Å². The van der Waals surface area contributed by atoms with E-state index in [-0.39, 0.29) is 18.7 Å². The van der Waals surface area contributed by atoms with E-state index in [9.17, 15) is 14.7 Å². The number of allylic oxidation sites excluding steroid dienone is 1. The lowest BCUT2D eigenvalue weighted by Crippen LogP contribution is -2.28. The van der Waals surface area contributed by atoms with Gasteiger partial charge in [0.2, 0.25) is 5.91 Å². The molecule has 0 unspecified atom stereocenters. The van der Waals surface area contributed by atoms with Crippen LogP contribution in [0.2, 0.25) is 0 Å². The molecule has 0 rings (SSSR count). The van der Waals surface area contributed by atoms with Crippen LogP contribution in [-0.2, 0) is 9.59 Å². The summed E-state index contributed by atoms with van der Waals surface area (Å²) in [5.41, 5.74) is 0. The van der Waals surface area contributed by atoms with Gasteiger partial charge in [0.05, 0.1) is 5.76 Å². The van der Waals surface area contributed by atoms with Crippen molar-refractivity contribution in [2.75, 3.05) is 6.54 Å². The number of carbonyl (C=O) groups excluding carboxylic acids is 1. The Labute approximate surface area is 88.8 Å². The van der Waals surface area contributed by atoms with E-state index in [1.54, 1.807) is 0 Å². The minimum absolute atomic E-state index is 0.0167. The fourth-order valence-corrected chi connectivity index (χ4v) is 0.917. The predicted molar refractivity (Wildman–Crippen MR) is 55.5 cm³/mol. The molecule has 3 N–H and O–H groups in total. The van der Waals surface area contributed by atoms with Gasteiger partial charge in [-0.05, 0) is 12.5 Å². The molecule has 0 fully saturated rings. The number of amides is 1. The molecule has 0 heterocycles. The Bertz CT molecular complexity index is 248. The van der Waals surface area contributed by atoms with E-state index in [1.165, 1.54) is 6.08 Å². The van der Waals surface area contributed by atoms with Gasteiger partial charge < -0.3 is 15.5 Å². The summed E-state index contributed by atoms with van der Waals surface area (Å²) in [4.78, 5) is 21.1. The standard InChI is InChI=1S/C10H17NO4/c1-2-3-4-8(12)5-6-9(13)11-7-10(14)15/h5,12H,2-4,6-7H2,1H3,(H,11,13)(H,14,15)/b8-5-. The highest BCUT2D eigenvalue weighted by molar-refractivity contribution is 5.82. The lowest BCUT2D eigenvalue weighted by Gasteiger charge is -2.00. The number of nitrogens with one attached hydrogen (secondary N) is 1. The Kier molecular flexibility index (Phi) is 7.05. The second-order valence-electron chi connectivity index (χ2n) is 3.17. The minimum atomic E-state index is -1.08. The lowest BCUT2D eigenvalue weighted by atomic mass is 10.2. The van der Waals surface area contributed by atoms with Crippen molar-refractivity contribution < 1.29 is 19.8 Å². The van der Waals surface area contributed by atoms with Crippen molar-refractivity contribution in [3.05, 3.63) is 11.8 Å². The number of carboxylic acid groups (broad SMARTS) is 1. The molecule has 86 valence electrons. The molecule has 0 aromatic heterocycles. The van der Waals surface area contributed by atoms with Crippen LogP contribution < -0.4 is 5.32 Å². The third-order valence-corrected chi connectivity index (χ3v) is 1.75. The van der Waals surface area contributed by atoms with Gasteiger partial charge in [-0.25, -0.2) is 0 Å². The first kappa shape index (κ1) is 13.5. The van der Waals surface area contributed by atoms with E-state index in [0.717, 1.165) is 12.8 Å². The van der Waals surface area contributed by atoms with Gasteiger partial charge in [0.15, 0.2) is 0 Å². The van der Waals surface area contributed by atoms with Gasteiger partial charge in [0, 0.05) is 12.8 Å². The molecule has 1 amide bonds. The summed E-state index contributed by atoms with van der Waals surface area (Å²) in [6.45, 7) is 1.62. The van der Waals surface area contributed by atoms with E-state index in [0.29, 0.717) is 6.42 Å². The van der Waals surface area contributed by atoms with Crippen molar-refractivity contribution in [3.63, 3.8) is 0 Å². The first-order valence-corrected chi connectivity index (χ1v) is 4.92. The summed E-state index contributed by atoms with van der Waals surface area (Å²) < 4.78 is 0. The molecule has 0 bridgehead atoms. The van der Waals surface area contributed by atoms with Gasteiger partial charge >= 0.3 is 5.97 Å². The zero-order valence-corrected chi connectivity index (χ0v) is 8.82. The van der Waals surface area contributed by atoms with E-state index < -0.39 is 11.9 Å². The number of hydrogen-bond donors (Lipinski definition) is 3. The van der Waals surface area contributed by atoms with Crippen LogP contribution in [-0.4, -0.2) is 28.6 Å². The fourth-order valence-electron chi connectivity index (χ4n) is 0.917. The highest BCUT2D eigenvalue weighted by Gasteiger charge is 2.02. The molecule has 5 nitrogen and oxygen atoms in total. The number of aliphatic hydroxyl groups is 1. The van der Waals surface area contributed by atoms with E-state index in [1.807, 2.05) is 6.92 Å². The molecule has 0 aliphatic heterocycles. The van der Waals surface area contributed by atoms with Crippen LogP contribution in [0.1, 0.15) is 32.6 Å². The molecule has 0 saturated heterocycles. The van der Waals surface area contributed by atoms with Crippen molar-refractivity contribution >= 4 is 11.9 Å². The summed E-state index contributed by atoms with van der Waals surface area (Å²) in [5, 5.41) is 19.7. The quantitative estimate of drug-likeness (QED) is 0.557. The summed E-state index contributed by atoms with van der Waals surface area (Å²) in [6.07, 6.45) is 3.83. The topological polar surface area (TPSA) is 86.6 Å². The predicted octanol–water partition coefficient (Wildman–Crippen LogP) is 1.21. The van der Waals surface area contributed by atoms with Crippen molar-refractivity contribution in [3.8, 4) is 0 Å². The van der Waals surface area contributed by atoms with Gasteiger partial charge in [-0.3, -0.25) is 9.59 Å². The second-order valence-corrected chi connectivity index (χ2v) is 3.17. The molecule has 0 atom stereocenters. The second kappa shape index (κ2) is 7.84. The normalized spacial score (nSPS) is 11.1. The molecule has 0 aromatic carbocycles.